The molecule has 0 saturated heterocycles. The van der Waals surface area contributed by atoms with Gasteiger partial charge in [-0.2, -0.15) is 0 Å². The van der Waals surface area contributed by atoms with Crippen molar-refractivity contribution in [3.8, 4) is 5.75 Å². The van der Waals surface area contributed by atoms with Gasteiger partial charge in [0.2, 0.25) is 0 Å². The van der Waals surface area contributed by atoms with Crippen LogP contribution >= 0.6 is 0 Å². The van der Waals surface area contributed by atoms with E-state index in [0.717, 1.165) is 24.5 Å². The zero-order chi connectivity index (χ0) is 13.5. The van der Waals surface area contributed by atoms with Crippen LogP contribution in [0.4, 0.5) is 5.69 Å². The van der Waals surface area contributed by atoms with Crippen molar-refractivity contribution >= 4 is 5.69 Å². The largest absolute Gasteiger partial charge is 0.494 e. The molecule has 0 radical (unpaired) electrons. The summed E-state index contributed by atoms with van der Waals surface area (Å²) in [6, 6.07) is 11.2. The van der Waals surface area contributed by atoms with Crippen molar-refractivity contribution in [2.75, 3.05) is 18.5 Å². The topological polar surface area (TPSA) is 54.6 Å². The van der Waals surface area contributed by atoms with E-state index >= 15 is 0 Å². The van der Waals surface area contributed by atoms with Gasteiger partial charge in [-0.3, -0.25) is 0 Å². The van der Waals surface area contributed by atoms with Crippen LogP contribution in [-0.2, 0) is 0 Å². The second-order valence-corrected chi connectivity index (χ2v) is 4.28. The fraction of sp³-hybridized carbons (Fsp3) is 0.333. The summed E-state index contributed by atoms with van der Waals surface area (Å²) in [6.07, 6.45) is 1.90. The summed E-state index contributed by atoms with van der Waals surface area (Å²) in [4.78, 5) is 0. The summed E-state index contributed by atoms with van der Waals surface area (Å²) in [5.74, 6) is 1.43. The van der Waals surface area contributed by atoms with E-state index < -0.39 is 6.10 Å². The van der Waals surface area contributed by atoms with Gasteiger partial charge in [0.1, 0.15) is 17.6 Å². The van der Waals surface area contributed by atoms with Gasteiger partial charge >= 0.3 is 0 Å². The highest BCUT2D eigenvalue weighted by atomic mass is 16.5. The van der Waals surface area contributed by atoms with Crippen molar-refractivity contribution in [2.45, 2.75) is 19.4 Å². The molecule has 1 aromatic carbocycles. The molecule has 4 nitrogen and oxygen atoms in total. The van der Waals surface area contributed by atoms with E-state index in [4.69, 9.17) is 9.15 Å². The third kappa shape index (κ3) is 4.03. The van der Waals surface area contributed by atoms with E-state index in [2.05, 4.69) is 12.2 Å². The van der Waals surface area contributed by atoms with Gasteiger partial charge in [-0.25, -0.2) is 0 Å². The van der Waals surface area contributed by atoms with Crippen molar-refractivity contribution in [3.63, 3.8) is 0 Å². The zero-order valence-electron chi connectivity index (χ0n) is 11.0. The smallest absolute Gasteiger partial charge is 0.134 e. The molecule has 19 heavy (non-hydrogen) atoms. The van der Waals surface area contributed by atoms with Gasteiger partial charge in [-0.15, -0.1) is 0 Å². The van der Waals surface area contributed by atoms with Gasteiger partial charge in [0.25, 0.3) is 0 Å². The van der Waals surface area contributed by atoms with Crippen molar-refractivity contribution < 1.29 is 14.3 Å². The number of hydrogen-bond acceptors (Lipinski definition) is 4. The molecular weight excluding hydrogens is 242 g/mol. The molecule has 0 spiro atoms. The minimum absolute atomic E-state index is 0.405. The molecule has 2 rings (SSSR count). The molecule has 1 heterocycles. The second kappa shape index (κ2) is 6.85. The maximum atomic E-state index is 9.86. The van der Waals surface area contributed by atoms with Crippen LogP contribution in [0, 0.1) is 0 Å². The van der Waals surface area contributed by atoms with E-state index in [1.807, 2.05) is 24.3 Å². The van der Waals surface area contributed by atoms with Gasteiger partial charge in [0.15, 0.2) is 0 Å². The Balaban J connectivity index is 1.82. The predicted molar refractivity (Wildman–Crippen MR) is 74.4 cm³/mol. The number of nitrogens with one attached hydrogen (secondary N) is 1. The lowest BCUT2D eigenvalue weighted by Gasteiger charge is -2.11. The monoisotopic (exact) mass is 261 g/mol. The molecule has 102 valence electrons. The summed E-state index contributed by atoms with van der Waals surface area (Å²) in [5.41, 5.74) is 0.939. The van der Waals surface area contributed by atoms with Crippen molar-refractivity contribution in [1.29, 1.82) is 0 Å². The predicted octanol–water partition coefficient (Wildman–Crippen LogP) is 3.21. The Bertz CT molecular complexity index is 465. The van der Waals surface area contributed by atoms with Gasteiger partial charge in [-0.1, -0.05) is 6.92 Å². The van der Waals surface area contributed by atoms with E-state index in [1.165, 1.54) is 0 Å². The highest BCUT2D eigenvalue weighted by Gasteiger charge is 2.09. The van der Waals surface area contributed by atoms with Crippen LogP contribution in [0.1, 0.15) is 25.2 Å². The number of anilines is 1. The number of aliphatic hydroxyl groups excluding tert-OH is 1. The number of ether oxygens (including phenoxy) is 1. The van der Waals surface area contributed by atoms with Gasteiger partial charge in [0.05, 0.1) is 12.9 Å². The number of hydrogen-bond donors (Lipinski definition) is 2. The Kier molecular flexibility index (Phi) is 4.86. The Labute approximate surface area is 113 Å². The standard InChI is InChI=1S/C15H19NO3/c1-2-9-18-13-7-5-12(6-8-13)16-11-14(17)15-4-3-10-19-15/h3-8,10,14,16-17H,2,9,11H2,1H3. The molecule has 4 heteroatoms. The first kappa shape index (κ1) is 13.5. The van der Waals surface area contributed by atoms with E-state index in [-0.39, 0.29) is 0 Å². The van der Waals surface area contributed by atoms with Crippen LogP contribution in [0.2, 0.25) is 0 Å². The van der Waals surface area contributed by atoms with Crippen LogP contribution < -0.4 is 10.1 Å². The third-order valence-electron chi connectivity index (χ3n) is 2.70. The molecule has 1 aromatic heterocycles. The van der Waals surface area contributed by atoms with Gasteiger partial charge < -0.3 is 19.6 Å². The minimum atomic E-state index is -0.647. The quantitative estimate of drug-likeness (QED) is 0.803. The lowest BCUT2D eigenvalue weighted by Crippen LogP contribution is -2.11. The van der Waals surface area contributed by atoms with E-state index in [9.17, 15) is 5.11 Å². The molecule has 2 N–H and O–H groups in total. The van der Waals surface area contributed by atoms with Crippen molar-refractivity contribution in [2.24, 2.45) is 0 Å². The first-order chi connectivity index (χ1) is 9.29. The molecule has 1 unspecified atom stereocenters. The summed E-state index contributed by atoms with van der Waals surface area (Å²) < 4.78 is 10.6. The average Bonchev–Trinajstić information content (AvgIpc) is 2.98. The van der Waals surface area contributed by atoms with Crippen LogP contribution in [0.3, 0.4) is 0 Å². The molecule has 1 atom stereocenters. The molecule has 0 fully saturated rings. The molecule has 0 bridgehead atoms. The van der Waals surface area contributed by atoms with Crippen molar-refractivity contribution in [1.82, 2.24) is 0 Å². The highest BCUT2D eigenvalue weighted by molar-refractivity contribution is 5.46. The first-order valence-corrected chi connectivity index (χ1v) is 6.48. The number of furan rings is 1. The van der Waals surface area contributed by atoms with E-state index in [1.54, 1.807) is 18.4 Å². The molecule has 0 amide bonds. The summed E-state index contributed by atoms with van der Waals surface area (Å²) in [7, 11) is 0. The minimum Gasteiger partial charge on any atom is -0.494 e. The maximum Gasteiger partial charge on any atom is 0.134 e. The lowest BCUT2D eigenvalue weighted by molar-refractivity contribution is 0.162. The Hall–Kier alpha value is -1.94. The summed E-state index contributed by atoms with van der Waals surface area (Å²) in [5, 5.41) is 13.0. The first-order valence-electron chi connectivity index (χ1n) is 6.48. The number of aliphatic hydroxyl groups is 1. The zero-order valence-corrected chi connectivity index (χ0v) is 11.0. The van der Waals surface area contributed by atoms with Crippen molar-refractivity contribution in [3.05, 3.63) is 48.4 Å². The lowest BCUT2D eigenvalue weighted by atomic mass is 10.2. The van der Waals surface area contributed by atoms with Gasteiger partial charge in [0, 0.05) is 12.2 Å². The number of rotatable bonds is 7. The third-order valence-corrected chi connectivity index (χ3v) is 2.70. The SMILES string of the molecule is CCCOc1ccc(NCC(O)c2ccco2)cc1. The summed E-state index contributed by atoms with van der Waals surface area (Å²) >= 11 is 0. The second-order valence-electron chi connectivity index (χ2n) is 4.28. The Morgan fingerprint density at radius 1 is 1.26 bits per heavy atom. The fourth-order valence-electron chi connectivity index (χ4n) is 1.68. The van der Waals surface area contributed by atoms with Crippen LogP contribution in [-0.4, -0.2) is 18.3 Å². The fourth-order valence-corrected chi connectivity index (χ4v) is 1.68. The van der Waals surface area contributed by atoms with Crippen LogP contribution in [0.25, 0.3) is 0 Å². The van der Waals surface area contributed by atoms with E-state index in [0.29, 0.717) is 12.3 Å². The highest BCUT2D eigenvalue weighted by Crippen LogP contribution is 2.18. The number of benzene rings is 1. The molecule has 2 aromatic rings. The molecule has 0 aliphatic rings. The molecule has 0 aliphatic carbocycles. The molecule has 0 saturated carbocycles. The Morgan fingerprint density at radius 2 is 2.05 bits per heavy atom. The van der Waals surface area contributed by atoms with Crippen LogP contribution in [0.5, 0.6) is 5.75 Å². The summed E-state index contributed by atoms with van der Waals surface area (Å²) in [6.45, 7) is 3.21. The average molecular weight is 261 g/mol. The van der Waals surface area contributed by atoms with Gasteiger partial charge in [-0.05, 0) is 42.8 Å². The molecule has 0 aliphatic heterocycles. The maximum absolute atomic E-state index is 9.86. The normalized spacial score (nSPS) is 12.1. The van der Waals surface area contributed by atoms with Crippen LogP contribution in [0.15, 0.2) is 47.1 Å². The Morgan fingerprint density at radius 3 is 2.68 bits per heavy atom. The molecular formula is C15H19NO3.